The molecular formula is C19H23F3N8O. The predicted octanol–water partition coefficient (Wildman–Crippen LogP) is 1.12. The molecule has 12 heteroatoms. The van der Waals surface area contributed by atoms with Gasteiger partial charge >= 0.3 is 6.18 Å². The van der Waals surface area contributed by atoms with Crippen molar-refractivity contribution in [2.45, 2.75) is 6.18 Å². The van der Waals surface area contributed by atoms with Gasteiger partial charge in [-0.3, -0.25) is 0 Å². The molecule has 0 aromatic carbocycles. The molecule has 0 amide bonds. The fraction of sp³-hybridized carbons (Fsp3) is 0.579. The Hall–Kier alpha value is -2.73. The average Bonchev–Trinajstić information content (AvgIpc) is 2.69. The van der Waals surface area contributed by atoms with Crippen LogP contribution >= 0.6 is 0 Å². The lowest BCUT2D eigenvalue weighted by Crippen LogP contribution is -2.71. The van der Waals surface area contributed by atoms with Gasteiger partial charge in [0.1, 0.15) is 5.82 Å². The Kier molecular flexibility index (Phi) is 4.66. The molecule has 31 heavy (non-hydrogen) atoms. The predicted molar refractivity (Wildman–Crippen MR) is 108 cm³/mol. The number of nitrogens with zero attached hydrogens (tertiary/aromatic N) is 7. The van der Waals surface area contributed by atoms with Crippen molar-refractivity contribution in [1.82, 2.24) is 24.8 Å². The van der Waals surface area contributed by atoms with Crippen molar-refractivity contribution in [2.24, 2.45) is 5.41 Å². The molecule has 3 aliphatic heterocycles. The van der Waals surface area contributed by atoms with Crippen molar-refractivity contribution in [3.63, 3.8) is 0 Å². The molecule has 3 aliphatic rings. The zero-order chi connectivity index (χ0) is 21.8. The van der Waals surface area contributed by atoms with E-state index >= 15 is 0 Å². The van der Waals surface area contributed by atoms with Crippen molar-refractivity contribution in [3.05, 3.63) is 17.8 Å². The van der Waals surface area contributed by atoms with Crippen LogP contribution in [-0.4, -0.2) is 84.4 Å². The Morgan fingerprint density at radius 3 is 2.26 bits per heavy atom. The van der Waals surface area contributed by atoms with Crippen LogP contribution in [0.1, 0.15) is 5.56 Å². The topological polar surface area (TPSA) is 96.5 Å². The number of hydrogen-bond acceptors (Lipinski definition) is 9. The van der Waals surface area contributed by atoms with E-state index < -0.39 is 11.7 Å². The first-order valence-corrected chi connectivity index (χ1v) is 10.1. The normalized spacial score (nSPS) is 21.2. The lowest BCUT2D eigenvalue weighted by molar-refractivity contribution is -0.137. The average molecular weight is 436 g/mol. The van der Waals surface area contributed by atoms with Crippen molar-refractivity contribution in [2.75, 3.05) is 75.1 Å². The molecule has 1 spiro atoms. The van der Waals surface area contributed by atoms with Crippen LogP contribution in [0.25, 0.3) is 11.4 Å². The highest BCUT2D eigenvalue weighted by molar-refractivity contribution is 5.65. The maximum atomic E-state index is 13.7. The van der Waals surface area contributed by atoms with Gasteiger partial charge in [-0.05, 0) is 13.1 Å². The molecule has 166 valence electrons. The summed E-state index contributed by atoms with van der Waals surface area (Å²) in [5.74, 6) is 0.465. The molecule has 0 atom stereocenters. The quantitative estimate of drug-likeness (QED) is 0.759. The Morgan fingerprint density at radius 1 is 1.00 bits per heavy atom. The third-order valence-electron chi connectivity index (χ3n) is 5.92. The molecule has 5 heterocycles. The van der Waals surface area contributed by atoms with Gasteiger partial charge in [0.15, 0.2) is 5.82 Å². The van der Waals surface area contributed by atoms with Crippen LogP contribution in [0.2, 0.25) is 0 Å². The Morgan fingerprint density at radius 2 is 1.65 bits per heavy atom. The highest BCUT2D eigenvalue weighted by atomic mass is 19.4. The van der Waals surface area contributed by atoms with E-state index in [1.54, 1.807) is 0 Å². The van der Waals surface area contributed by atoms with Gasteiger partial charge in [0.25, 0.3) is 0 Å². The van der Waals surface area contributed by atoms with Gasteiger partial charge in [-0.2, -0.15) is 28.1 Å². The van der Waals surface area contributed by atoms with Gasteiger partial charge < -0.3 is 25.2 Å². The third-order valence-corrected chi connectivity index (χ3v) is 5.92. The fourth-order valence-electron chi connectivity index (χ4n) is 4.61. The number of halogens is 3. The summed E-state index contributed by atoms with van der Waals surface area (Å²) in [4.78, 5) is 23.4. The van der Waals surface area contributed by atoms with Gasteiger partial charge in [0.05, 0.1) is 24.3 Å². The standard InChI is InChI=1S/C19H23F3N8O/c1-28-8-18(9-28)10-30(11-18)17-26-15(25-16(27-17)29-2-4-31-5-3-29)12-7-24-14(23)6-13(12)19(20,21)22/h6-7H,2-5,8-11H2,1H3,(H2,23,24). The summed E-state index contributed by atoms with van der Waals surface area (Å²) in [5.41, 5.74) is 4.62. The number of hydrogen-bond donors (Lipinski definition) is 1. The Balaban J connectivity index is 1.54. The van der Waals surface area contributed by atoms with Gasteiger partial charge in [-0.15, -0.1) is 0 Å². The van der Waals surface area contributed by atoms with Crippen LogP contribution in [0.4, 0.5) is 30.9 Å². The first-order valence-electron chi connectivity index (χ1n) is 10.1. The lowest BCUT2D eigenvalue weighted by atomic mass is 9.73. The molecule has 0 radical (unpaired) electrons. The smallest absolute Gasteiger partial charge is 0.384 e. The number of nitrogens with two attached hydrogens (primary N) is 1. The second-order valence-electron chi connectivity index (χ2n) is 8.54. The van der Waals surface area contributed by atoms with Crippen LogP contribution in [0.15, 0.2) is 12.3 Å². The third kappa shape index (κ3) is 3.74. The molecule has 2 aromatic rings. The van der Waals surface area contributed by atoms with Crippen molar-refractivity contribution in [1.29, 1.82) is 0 Å². The number of likely N-dealkylation sites (tertiary alicyclic amines) is 1. The monoisotopic (exact) mass is 436 g/mol. The molecular weight excluding hydrogens is 413 g/mol. The molecule has 3 saturated heterocycles. The summed E-state index contributed by atoms with van der Waals surface area (Å²) in [6, 6.07) is 0.816. The van der Waals surface area contributed by atoms with Crippen LogP contribution in [-0.2, 0) is 10.9 Å². The minimum atomic E-state index is -4.62. The molecule has 0 bridgehead atoms. The molecule has 0 unspecified atom stereocenters. The van der Waals surface area contributed by atoms with Gasteiger partial charge in [0, 0.05) is 50.9 Å². The minimum absolute atomic E-state index is 0.0574. The number of pyridine rings is 1. The molecule has 2 aromatic heterocycles. The van der Waals surface area contributed by atoms with Crippen molar-refractivity contribution < 1.29 is 17.9 Å². The van der Waals surface area contributed by atoms with E-state index in [0.717, 1.165) is 38.4 Å². The zero-order valence-corrected chi connectivity index (χ0v) is 17.1. The maximum Gasteiger partial charge on any atom is 0.417 e. The van der Waals surface area contributed by atoms with Gasteiger partial charge in [0.2, 0.25) is 11.9 Å². The molecule has 9 nitrogen and oxygen atoms in total. The van der Waals surface area contributed by atoms with E-state index in [1.807, 2.05) is 9.80 Å². The SMILES string of the molecule is CN1CC2(C1)CN(c1nc(-c3cnc(N)cc3C(F)(F)F)nc(N3CCOCC3)n1)C2. The van der Waals surface area contributed by atoms with Crippen LogP contribution in [0.5, 0.6) is 0 Å². The van der Waals surface area contributed by atoms with Crippen LogP contribution in [0, 0.1) is 5.41 Å². The zero-order valence-electron chi connectivity index (χ0n) is 17.1. The summed E-state index contributed by atoms with van der Waals surface area (Å²) < 4.78 is 46.5. The van der Waals surface area contributed by atoms with Crippen molar-refractivity contribution >= 4 is 17.7 Å². The second-order valence-corrected chi connectivity index (χ2v) is 8.54. The lowest BCUT2D eigenvalue weighted by Gasteiger charge is -2.59. The minimum Gasteiger partial charge on any atom is -0.384 e. The molecule has 2 N–H and O–H groups in total. The number of anilines is 3. The molecule has 0 aliphatic carbocycles. The maximum absolute atomic E-state index is 13.7. The molecule has 0 saturated carbocycles. The number of alkyl halides is 3. The van der Waals surface area contributed by atoms with Gasteiger partial charge in [-0.25, -0.2) is 4.98 Å². The number of ether oxygens (including phenoxy) is 1. The number of morpholine rings is 1. The van der Waals surface area contributed by atoms with Gasteiger partial charge in [-0.1, -0.05) is 0 Å². The molecule has 5 rings (SSSR count). The second kappa shape index (κ2) is 7.16. The van der Waals surface area contributed by atoms with E-state index in [-0.39, 0.29) is 22.6 Å². The van der Waals surface area contributed by atoms with E-state index in [4.69, 9.17) is 10.5 Å². The summed E-state index contributed by atoms with van der Waals surface area (Å²) in [6.45, 7) is 5.67. The van der Waals surface area contributed by atoms with Crippen molar-refractivity contribution in [3.8, 4) is 11.4 Å². The Labute approximate surface area is 177 Å². The first-order chi connectivity index (χ1) is 14.7. The fourth-order valence-corrected chi connectivity index (χ4v) is 4.61. The summed E-state index contributed by atoms with van der Waals surface area (Å²) in [5, 5.41) is 0. The first kappa shape index (κ1) is 20.2. The highest BCUT2D eigenvalue weighted by Crippen LogP contribution is 2.41. The number of aromatic nitrogens is 4. The van der Waals surface area contributed by atoms with E-state index in [1.165, 1.54) is 0 Å². The van der Waals surface area contributed by atoms with E-state index in [0.29, 0.717) is 38.2 Å². The summed E-state index contributed by atoms with van der Waals surface area (Å²) in [6.07, 6.45) is -3.53. The number of rotatable bonds is 3. The highest BCUT2D eigenvalue weighted by Gasteiger charge is 2.51. The summed E-state index contributed by atoms with van der Waals surface area (Å²) >= 11 is 0. The number of nitrogen functional groups attached to an aromatic ring is 1. The van der Waals surface area contributed by atoms with E-state index in [2.05, 4.69) is 31.9 Å². The van der Waals surface area contributed by atoms with Crippen LogP contribution in [0.3, 0.4) is 0 Å². The Bertz CT molecular complexity index is 981. The largest absolute Gasteiger partial charge is 0.417 e. The van der Waals surface area contributed by atoms with Crippen LogP contribution < -0.4 is 15.5 Å². The molecule has 3 fully saturated rings. The summed E-state index contributed by atoms with van der Waals surface area (Å²) in [7, 11) is 2.07. The van der Waals surface area contributed by atoms with E-state index in [9.17, 15) is 13.2 Å².